The Morgan fingerprint density at radius 1 is 1.14 bits per heavy atom. The van der Waals surface area contributed by atoms with E-state index in [1.807, 2.05) is 13.1 Å². The Hall–Kier alpha value is -1.94. The molecule has 4 heteroatoms. The summed E-state index contributed by atoms with van der Waals surface area (Å²) in [4.78, 5) is 8.54. The second-order valence-corrected chi connectivity index (χ2v) is 6.26. The van der Waals surface area contributed by atoms with Crippen molar-refractivity contribution in [2.45, 2.75) is 39.7 Å². The van der Waals surface area contributed by atoms with Crippen molar-refractivity contribution in [1.82, 2.24) is 15.3 Å². The number of nitrogens with one attached hydrogen (secondary N) is 1. The highest BCUT2D eigenvalue weighted by Gasteiger charge is 2.19. The van der Waals surface area contributed by atoms with E-state index in [1.54, 1.807) is 12.4 Å². The lowest BCUT2D eigenvalue weighted by atomic mass is 9.86. The zero-order valence-corrected chi connectivity index (χ0v) is 13.4. The predicted octanol–water partition coefficient (Wildman–Crippen LogP) is 3.59. The van der Waals surface area contributed by atoms with Gasteiger partial charge in [0.25, 0.3) is 0 Å². The molecule has 0 saturated carbocycles. The summed E-state index contributed by atoms with van der Waals surface area (Å²) in [5.74, 6) is 0.823. The summed E-state index contributed by atoms with van der Waals surface area (Å²) in [5, 5.41) is 3.07. The molecular formula is C17H23N3O. The lowest BCUT2D eigenvalue weighted by Crippen LogP contribution is -2.13. The van der Waals surface area contributed by atoms with Crippen molar-refractivity contribution in [3.8, 4) is 11.8 Å². The lowest BCUT2D eigenvalue weighted by molar-refractivity contribution is 0.421. The van der Waals surface area contributed by atoms with Crippen LogP contribution in [0, 0.1) is 6.92 Å². The minimum atomic E-state index is 0.00903. The average Bonchev–Trinajstić information content (AvgIpc) is 2.40. The SMILES string of the molecule is CNCc1cnc(Oc2cc(C)ccc2C(C)(C)C)nc1. The third-order valence-corrected chi connectivity index (χ3v) is 3.21. The van der Waals surface area contributed by atoms with E-state index < -0.39 is 0 Å². The van der Waals surface area contributed by atoms with E-state index >= 15 is 0 Å². The molecule has 0 spiro atoms. The summed E-state index contributed by atoms with van der Waals surface area (Å²) in [6.45, 7) is 9.30. The number of benzene rings is 1. The zero-order chi connectivity index (χ0) is 15.5. The van der Waals surface area contributed by atoms with Gasteiger partial charge in [0.05, 0.1) is 0 Å². The quantitative estimate of drug-likeness (QED) is 0.932. The number of rotatable bonds is 4. The monoisotopic (exact) mass is 285 g/mol. The number of aryl methyl sites for hydroxylation is 1. The molecule has 112 valence electrons. The Morgan fingerprint density at radius 2 is 1.81 bits per heavy atom. The first-order valence-corrected chi connectivity index (χ1v) is 7.14. The maximum atomic E-state index is 5.91. The normalized spacial score (nSPS) is 11.5. The van der Waals surface area contributed by atoms with Gasteiger partial charge in [-0.2, -0.15) is 0 Å². The van der Waals surface area contributed by atoms with E-state index in [2.05, 4.69) is 55.1 Å². The molecule has 4 nitrogen and oxygen atoms in total. The van der Waals surface area contributed by atoms with Gasteiger partial charge in [-0.05, 0) is 31.0 Å². The van der Waals surface area contributed by atoms with Crippen LogP contribution in [0.3, 0.4) is 0 Å². The Balaban J connectivity index is 2.28. The Bertz CT molecular complexity index is 600. The van der Waals surface area contributed by atoms with Gasteiger partial charge in [-0.3, -0.25) is 0 Å². The molecule has 2 rings (SSSR count). The standard InChI is InChI=1S/C17H23N3O/c1-12-6-7-14(17(2,3)4)15(8-12)21-16-19-10-13(9-18-5)11-20-16/h6-8,10-11,18H,9H2,1-5H3. The highest BCUT2D eigenvalue weighted by Crippen LogP contribution is 2.33. The van der Waals surface area contributed by atoms with Gasteiger partial charge in [0.1, 0.15) is 5.75 Å². The van der Waals surface area contributed by atoms with Crippen LogP contribution in [0.5, 0.6) is 11.8 Å². The molecule has 0 atom stereocenters. The summed E-state index contributed by atoms with van der Waals surface area (Å²) in [5.41, 5.74) is 3.35. The number of hydrogen-bond acceptors (Lipinski definition) is 4. The molecule has 21 heavy (non-hydrogen) atoms. The molecule has 1 aromatic heterocycles. The molecule has 0 aliphatic heterocycles. The topological polar surface area (TPSA) is 47.0 Å². The van der Waals surface area contributed by atoms with Gasteiger partial charge in [-0.1, -0.05) is 32.9 Å². The van der Waals surface area contributed by atoms with Gasteiger partial charge >= 0.3 is 6.01 Å². The highest BCUT2D eigenvalue weighted by molar-refractivity contribution is 5.42. The molecule has 0 aliphatic carbocycles. The van der Waals surface area contributed by atoms with Gasteiger partial charge in [-0.15, -0.1) is 0 Å². The first-order valence-electron chi connectivity index (χ1n) is 7.14. The van der Waals surface area contributed by atoms with Crippen LogP contribution in [0.1, 0.15) is 37.5 Å². The minimum Gasteiger partial charge on any atom is -0.424 e. The van der Waals surface area contributed by atoms with E-state index in [1.165, 1.54) is 0 Å². The van der Waals surface area contributed by atoms with Gasteiger partial charge in [0.2, 0.25) is 0 Å². The fraction of sp³-hybridized carbons (Fsp3) is 0.412. The second-order valence-electron chi connectivity index (χ2n) is 6.26. The molecule has 0 saturated heterocycles. The van der Waals surface area contributed by atoms with E-state index in [0.29, 0.717) is 6.01 Å². The smallest absolute Gasteiger partial charge is 0.321 e. The number of hydrogen-bond donors (Lipinski definition) is 1. The molecule has 0 fully saturated rings. The average molecular weight is 285 g/mol. The van der Waals surface area contributed by atoms with Crippen LogP contribution in [0.4, 0.5) is 0 Å². The molecule has 0 radical (unpaired) electrons. The van der Waals surface area contributed by atoms with Crippen molar-refractivity contribution in [1.29, 1.82) is 0 Å². The third kappa shape index (κ3) is 4.02. The molecular weight excluding hydrogens is 262 g/mol. The van der Waals surface area contributed by atoms with Crippen molar-refractivity contribution in [3.63, 3.8) is 0 Å². The summed E-state index contributed by atoms with van der Waals surface area (Å²) >= 11 is 0. The van der Waals surface area contributed by atoms with Crippen LogP contribution in [-0.2, 0) is 12.0 Å². The summed E-state index contributed by atoms with van der Waals surface area (Å²) < 4.78 is 5.91. The van der Waals surface area contributed by atoms with Crippen molar-refractivity contribution in [2.75, 3.05) is 7.05 Å². The number of aromatic nitrogens is 2. The van der Waals surface area contributed by atoms with E-state index in [4.69, 9.17) is 4.74 Å². The van der Waals surface area contributed by atoms with Crippen LogP contribution < -0.4 is 10.1 Å². The summed E-state index contributed by atoms with van der Waals surface area (Å²) in [6, 6.07) is 6.63. The van der Waals surface area contributed by atoms with E-state index in [9.17, 15) is 0 Å². The summed E-state index contributed by atoms with van der Waals surface area (Å²) in [7, 11) is 1.90. The number of nitrogens with zero attached hydrogens (tertiary/aromatic N) is 2. The van der Waals surface area contributed by atoms with E-state index in [0.717, 1.165) is 29.0 Å². The van der Waals surface area contributed by atoms with Crippen molar-refractivity contribution in [3.05, 3.63) is 47.3 Å². The fourth-order valence-electron chi connectivity index (χ4n) is 2.12. The molecule has 0 aliphatic rings. The molecule has 1 N–H and O–H groups in total. The fourth-order valence-corrected chi connectivity index (χ4v) is 2.12. The first-order chi connectivity index (χ1) is 9.90. The third-order valence-electron chi connectivity index (χ3n) is 3.21. The van der Waals surface area contributed by atoms with Gasteiger partial charge in [-0.25, -0.2) is 9.97 Å². The van der Waals surface area contributed by atoms with Crippen LogP contribution in [0.2, 0.25) is 0 Å². The van der Waals surface area contributed by atoms with Crippen molar-refractivity contribution in [2.24, 2.45) is 0 Å². The van der Waals surface area contributed by atoms with Crippen LogP contribution in [0.25, 0.3) is 0 Å². The van der Waals surface area contributed by atoms with Gasteiger partial charge < -0.3 is 10.1 Å². The molecule has 0 bridgehead atoms. The maximum absolute atomic E-state index is 5.91. The van der Waals surface area contributed by atoms with Crippen molar-refractivity contribution >= 4 is 0 Å². The van der Waals surface area contributed by atoms with Crippen LogP contribution in [0.15, 0.2) is 30.6 Å². The number of ether oxygens (including phenoxy) is 1. The van der Waals surface area contributed by atoms with E-state index in [-0.39, 0.29) is 5.41 Å². The highest BCUT2D eigenvalue weighted by atomic mass is 16.5. The van der Waals surface area contributed by atoms with Gasteiger partial charge in [0, 0.05) is 30.1 Å². The molecule has 1 aromatic carbocycles. The molecule has 1 heterocycles. The van der Waals surface area contributed by atoms with Gasteiger partial charge in [0.15, 0.2) is 0 Å². The molecule has 0 amide bonds. The summed E-state index contributed by atoms with van der Waals surface area (Å²) in [6.07, 6.45) is 3.57. The first kappa shape index (κ1) is 15.4. The Labute approximate surface area is 126 Å². The van der Waals surface area contributed by atoms with Crippen molar-refractivity contribution < 1.29 is 4.74 Å². The largest absolute Gasteiger partial charge is 0.424 e. The maximum Gasteiger partial charge on any atom is 0.321 e. The molecule has 2 aromatic rings. The Kier molecular flexibility index (Phi) is 4.58. The van der Waals surface area contributed by atoms with Crippen LogP contribution in [-0.4, -0.2) is 17.0 Å². The van der Waals surface area contributed by atoms with Crippen LogP contribution >= 0.6 is 0 Å². The zero-order valence-electron chi connectivity index (χ0n) is 13.4. The minimum absolute atomic E-state index is 0.00903. The second kappa shape index (κ2) is 6.22. The molecule has 0 unspecified atom stereocenters. The lowest BCUT2D eigenvalue weighted by Gasteiger charge is -2.22. The predicted molar refractivity (Wildman–Crippen MR) is 84.7 cm³/mol. The Morgan fingerprint density at radius 3 is 2.38 bits per heavy atom.